The lowest BCUT2D eigenvalue weighted by Crippen LogP contribution is -2.39. The van der Waals surface area contributed by atoms with Crippen molar-refractivity contribution in [2.75, 3.05) is 13.1 Å². The number of nitrogens with zero attached hydrogens (tertiary/aromatic N) is 1. The van der Waals surface area contributed by atoms with Crippen LogP contribution in [0.15, 0.2) is 0 Å². The molecule has 0 N–H and O–H groups in total. The van der Waals surface area contributed by atoms with Crippen LogP contribution in [0, 0.1) is 22.7 Å². The summed E-state index contributed by atoms with van der Waals surface area (Å²) in [6.45, 7) is 16.8. The van der Waals surface area contributed by atoms with E-state index in [9.17, 15) is 4.79 Å². The third-order valence-electron chi connectivity index (χ3n) is 4.99. The predicted molar refractivity (Wildman–Crippen MR) is 77.0 cm³/mol. The van der Waals surface area contributed by atoms with E-state index in [-0.39, 0.29) is 6.09 Å². The Morgan fingerprint density at radius 2 is 1.79 bits per heavy atom. The Labute approximate surface area is 117 Å². The highest BCUT2D eigenvalue weighted by atomic mass is 16.6. The van der Waals surface area contributed by atoms with Crippen LogP contribution in [0.1, 0.15) is 54.9 Å². The fourth-order valence-corrected chi connectivity index (χ4v) is 4.04. The second-order valence-corrected chi connectivity index (χ2v) is 8.57. The van der Waals surface area contributed by atoms with Crippen LogP contribution in [0.3, 0.4) is 0 Å². The Balaban J connectivity index is 2.08. The van der Waals surface area contributed by atoms with Crippen molar-refractivity contribution in [3.8, 4) is 0 Å². The number of hydrogen-bond acceptors (Lipinski definition) is 2. The van der Waals surface area contributed by atoms with Gasteiger partial charge >= 0.3 is 6.09 Å². The number of ether oxygens (including phenoxy) is 1. The van der Waals surface area contributed by atoms with Gasteiger partial charge in [0.1, 0.15) is 5.60 Å². The molecule has 3 heteroatoms. The molecule has 110 valence electrons. The second kappa shape index (κ2) is 4.13. The summed E-state index contributed by atoms with van der Waals surface area (Å²) in [5.74, 6) is 1.35. The van der Waals surface area contributed by atoms with Crippen molar-refractivity contribution in [2.45, 2.75) is 60.5 Å². The number of carbonyl (C=O) groups excluding carboxylic acids is 1. The Kier molecular flexibility index (Phi) is 3.19. The summed E-state index contributed by atoms with van der Waals surface area (Å²) in [5, 5.41) is 0. The highest BCUT2D eigenvalue weighted by Crippen LogP contribution is 2.67. The van der Waals surface area contributed by atoms with Gasteiger partial charge in [-0.25, -0.2) is 4.79 Å². The van der Waals surface area contributed by atoms with Gasteiger partial charge in [0, 0.05) is 13.1 Å². The Bertz CT molecular complexity index is 379. The summed E-state index contributed by atoms with van der Waals surface area (Å²) in [4.78, 5) is 14.2. The molecule has 1 saturated carbocycles. The monoisotopic (exact) mass is 267 g/mol. The van der Waals surface area contributed by atoms with E-state index in [0.717, 1.165) is 25.4 Å². The van der Waals surface area contributed by atoms with Crippen molar-refractivity contribution in [3.63, 3.8) is 0 Å². The number of rotatable bonds is 0. The van der Waals surface area contributed by atoms with E-state index >= 15 is 0 Å². The third-order valence-corrected chi connectivity index (χ3v) is 4.99. The SMILES string of the molecule is CC(C)(C)OC(=O)N1CCC(C)(C)C2C(C1)C2(C)C. The largest absolute Gasteiger partial charge is 0.444 e. The number of hydrogen-bond donors (Lipinski definition) is 0. The lowest BCUT2D eigenvalue weighted by molar-refractivity contribution is 0.0229. The van der Waals surface area contributed by atoms with E-state index in [0.29, 0.717) is 16.7 Å². The van der Waals surface area contributed by atoms with Crippen molar-refractivity contribution < 1.29 is 9.53 Å². The van der Waals surface area contributed by atoms with E-state index in [1.54, 1.807) is 0 Å². The molecule has 2 aliphatic rings. The maximum atomic E-state index is 12.3. The van der Waals surface area contributed by atoms with Gasteiger partial charge in [-0.15, -0.1) is 0 Å². The molecule has 2 rings (SSSR count). The van der Waals surface area contributed by atoms with Gasteiger partial charge in [-0.1, -0.05) is 27.7 Å². The van der Waals surface area contributed by atoms with E-state index < -0.39 is 5.60 Å². The lowest BCUT2D eigenvalue weighted by Gasteiger charge is -2.30. The highest BCUT2D eigenvalue weighted by Gasteiger charge is 2.64. The molecule has 0 aromatic rings. The van der Waals surface area contributed by atoms with Crippen LogP contribution in [-0.4, -0.2) is 29.7 Å². The van der Waals surface area contributed by atoms with Gasteiger partial charge < -0.3 is 9.64 Å². The molecule has 0 bridgehead atoms. The van der Waals surface area contributed by atoms with E-state index in [1.807, 2.05) is 25.7 Å². The van der Waals surface area contributed by atoms with Crippen molar-refractivity contribution in [1.29, 1.82) is 0 Å². The van der Waals surface area contributed by atoms with Crippen molar-refractivity contribution in [1.82, 2.24) is 4.90 Å². The normalized spacial score (nSPS) is 32.3. The Morgan fingerprint density at radius 3 is 2.32 bits per heavy atom. The van der Waals surface area contributed by atoms with Gasteiger partial charge in [-0.05, 0) is 49.9 Å². The van der Waals surface area contributed by atoms with E-state index in [4.69, 9.17) is 4.74 Å². The summed E-state index contributed by atoms with van der Waals surface area (Å²) in [6, 6.07) is 0. The number of likely N-dealkylation sites (tertiary alicyclic amines) is 1. The topological polar surface area (TPSA) is 29.5 Å². The lowest BCUT2D eigenvalue weighted by atomic mass is 9.80. The maximum absolute atomic E-state index is 12.3. The second-order valence-electron chi connectivity index (χ2n) is 8.57. The van der Waals surface area contributed by atoms with Crippen molar-refractivity contribution >= 4 is 6.09 Å². The average Bonchev–Trinajstić information content (AvgIpc) is 2.76. The van der Waals surface area contributed by atoms with Crippen molar-refractivity contribution in [2.24, 2.45) is 22.7 Å². The first-order chi connectivity index (χ1) is 8.45. The molecule has 0 radical (unpaired) electrons. The molecule has 1 amide bonds. The maximum Gasteiger partial charge on any atom is 0.410 e. The molecule has 1 heterocycles. The van der Waals surface area contributed by atoms with Gasteiger partial charge in [0.15, 0.2) is 0 Å². The first-order valence-corrected chi connectivity index (χ1v) is 7.43. The molecule has 0 aromatic heterocycles. The zero-order valence-corrected chi connectivity index (χ0v) is 13.5. The summed E-state index contributed by atoms with van der Waals surface area (Å²) in [5.41, 5.74) is 0.284. The molecular weight excluding hydrogens is 238 g/mol. The summed E-state index contributed by atoms with van der Waals surface area (Å²) in [7, 11) is 0. The van der Waals surface area contributed by atoms with Crippen LogP contribution in [0.2, 0.25) is 0 Å². The fraction of sp³-hybridized carbons (Fsp3) is 0.938. The summed E-state index contributed by atoms with van der Waals surface area (Å²) >= 11 is 0. The molecule has 19 heavy (non-hydrogen) atoms. The van der Waals surface area contributed by atoms with Gasteiger partial charge in [0.2, 0.25) is 0 Å². The molecule has 1 aliphatic carbocycles. The zero-order valence-electron chi connectivity index (χ0n) is 13.5. The molecule has 0 aromatic carbocycles. The molecular formula is C16H29NO2. The average molecular weight is 267 g/mol. The van der Waals surface area contributed by atoms with Crippen molar-refractivity contribution in [3.05, 3.63) is 0 Å². The molecule has 1 aliphatic heterocycles. The highest BCUT2D eigenvalue weighted by molar-refractivity contribution is 5.68. The van der Waals surface area contributed by atoms with Crippen LogP contribution >= 0.6 is 0 Å². The predicted octanol–water partition coefficient (Wildman–Crippen LogP) is 3.93. The standard InChI is InChI=1S/C16H29NO2/c1-14(2,3)19-13(18)17-9-8-15(4,5)12-11(10-17)16(12,6)7/h11-12H,8-10H2,1-7H3. The molecule has 2 unspecified atom stereocenters. The van der Waals surface area contributed by atoms with Crippen LogP contribution in [0.25, 0.3) is 0 Å². The Hall–Kier alpha value is -0.730. The molecule has 1 saturated heterocycles. The van der Waals surface area contributed by atoms with Crippen LogP contribution in [0.5, 0.6) is 0 Å². The smallest absolute Gasteiger partial charge is 0.410 e. The number of carbonyl (C=O) groups is 1. The van der Waals surface area contributed by atoms with Gasteiger partial charge in [-0.2, -0.15) is 0 Å². The third kappa shape index (κ3) is 2.75. The Morgan fingerprint density at radius 1 is 1.21 bits per heavy atom. The van der Waals surface area contributed by atoms with Gasteiger partial charge in [-0.3, -0.25) is 0 Å². The van der Waals surface area contributed by atoms with E-state index in [2.05, 4.69) is 27.7 Å². The zero-order chi connectivity index (χ0) is 14.6. The van der Waals surface area contributed by atoms with Crippen LogP contribution in [-0.2, 0) is 4.74 Å². The molecule has 3 nitrogen and oxygen atoms in total. The minimum absolute atomic E-state index is 0.147. The van der Waals surface area contributed by atoms with E-state index in [1.165, 1.54) is 0 Å². The van der Waals surface area contributed by atoms with Crippen LogP contribution in [0.4, 0.5) is 4.79 Å². The van der Waals surface area contributed by atoms with Gasteiger partial charge in [0.25, 0.3) is 0 Å². The minimum Gasteiger partial charge on any atom is -0.444 e. The molecule has 0 spiro atoms. The summed E-state index contributed by atoms with van der Waals surface area (Å²) < 4.78 is 5.52. The minimum atomic E-state index is -0.405. The summed E-state index contributed by atoms with van der Waals surface area (Å²) in [6.07, 6.45) is 0.920. The molecule has 2 fully saturated rings. The molecule has 2 atom stereocenters. The van der Waals surface area contributed by atoms with Gasteiger partial charge in [0.05, 0.1) is 0 Å². The first kappa shape index (κ1) is 14.7. The quantitative estimate of drug-likeness (QED) is 0.665. The fourth-order valence-electron chi connectivity index (χ4n) is 4.04. The van der Waals surface area contributed by atoms with Crippen LogP contribution < -0.4 is 0 Å². The number of fused-ring (bicyclic) bond motifs is 1. The number of amides is 1. The first-order valence-electron chi connectivity index (χ1n) is 7.43.